The van der Waals surface area contributed by atoms with Crippen LogP contribution >= 0.6 is 0 Å². The van der Waals surface area contributed by atoms with Crippen LogP contribution in [0.1, 0.15) is 49.4 Å². The zero-order valence-corrected chi connectivity index (χ0v) is 18.8. The molecule has 3 rings (SSSR count). The highest BCUT2D eigenvalue weighted by atomic mass is 32.2. The molecular weight excluding hydrogens is 450 g/mol. The summed E-state index contributed by atoms with van der Waals surface area (Å²) in [5, 5.41) is 13.8. The van der Waals surface area contributed by atoms with E-state index in [9.17, 15) is 28.1 Å². The Bertz CT molecular complexity index is 1140. The number of para-hydroxylation sites is 1. The topological polar surface area (TPSA) is 145 Å². The number of amides is 1. The molecule has 0 aliphatic heterocycles. The highest BCUT2D eigenvalue weighted by molar-refractivity contribution is 7.92. The fourth-order valence-corrected chi connectivity index (χ4v) is 4.68. The van der Waals surface area contributed by atoms with Crippen LogP contribution in [0.25, 0.3) is 0 Å². The summed E-state index contributed by atoms with van der Waals surface area (Å²) in [6.45, 7) is 1.45. The van der Waals surface area contributed by atoms with Gasteiger partial charge in [0.15, 0.2) is 6.10 Å². The number of ether oxygens (including phenoxy) is 1. The molecule has 0 radical (unpaired) electrons. The molecular formula is C22H25N3O7S. The van der Waals surface area contributed by atoms with Gasteiger partial charge in [0.05, 0.1) is 21.1 Å². The lowest BCUT2D eigenvalue weighted by Gasteiger charge is -2.24. The molecule has 2 aromatic carbocycles. The maximum Gasteiger partial charge on any atom is 0.341 e. The van der Waals surface area contributed by atoms with E-state index in [1.54, 1.807) is 0 Å². The third-order valence-electron chi connectivity index (χ3n) is 5.33. The number of nitrogens with one attached hydrogen (secondary N) is 2. The molecule has 0 heterocycles. The fourth-order valence-electron chi connectivity index (χ4n) is 3.56. The third-order valence-corrected chi connectivity index (χ3v) is 6.70. The molecule has 11 heteroatoms. The molecule has 0 bridgehead atoms. The molecule has 1 saturated carbocycles. The number of carbonyl (C=O) groups is 2. The Morgan fingerprint density at radius 1 is 1.09 bits per heavy atom. The number of nitro groups is 1. The van der Waals surface area contributed by atoms with E-state index in [0.717, 1.165) is 38.2 Å². The van der Waals surface area contributed by atoms with Crippen molar-refractivity contribution >= 4 is 33.3 Å². The van der Waals surface area contributed by atoms with Gasteiger partial charge in [0.25, 0.3) is 21.6 Å². The molecule has 1 amide bonds. The number of esters is 1. The summed E-state index contributed by atoms with van der Waals surface area (Å²) >= 11 is 0. The average Bonchev–Trinajstić information content (AvgIpc) is 2.79. The summed E-state index contributed by atoms with van der Waals surface area (Å²) in [5.41, 5.74) is -0.555. The molecule has 0 saturated heterocycles. The van der Waals surface area contributed by atoms with Crippen LogP contribution in [0.3, 0.4) is 0 Å². The van der Waals surface area contributed by atoms with Gasteiger partial charge in [-0.1, -0.05) is 37.5 Å². The standard InChI is InChI=1S/C22H25N3O7S/c1-15(21(26)23-16-8-3-2-4-9-16)32-22(27)19-12-5-6-13-20(19)24-33(30,31)18-11-7-10-17(14-18)25(28)29/h5-7,10-16,24H,2-4,8-9H2,1H3,(H,23,26). The lowest BCUT2D eigenvalue weighted by Crippen LogP contribution is -2.42. The summed E-state index contributed by atoms with van der Waals surface area (Å²) < 4.78 is 33.0. The Labute approximate surface area is 191 Å². The predicted octanol–water partition coefficient (Wildman–Crippen LogP) is 3.39. The van der Waals surface area contributed by atoms with Gasteiger partial charge >= 0.3 is 5.97 Å². The Hall–Kier alpha value is -3.47. The smallest absolute Gasteiger partial charge is 0.341 e. The van der Waals surface area contributed by atoms with Gasteiger partial charge in [0.2, 0.25) is 0 Å². The van der Waals surface area contributed by atoms with Crippen LogP contribution in [0.15, 0.2) is 53.4 Å². The molecule has 1 fully saturated rings. The van der Waals surface area contributed by atoms with Crippen molar-refractivity contribution in [2.45, 2.75) is 56.1 Å². The molecule has 1 aliphatic carbocycles. The summed E-state index contributed by atoms with van der Waals surface area (Å²) in [4.78, 5) is 35.0. The number of rotatable bonds is 8. The molecule has 1 aliphatic rings. The van der Waals surface area contributed by atoms with Crippen molar-refractivity contribution in [3.05, 3.63) is 64.2 Å². The van der Waals surface area contributed by atoms with Crippen LogP contribution in [-0.4, -0.2) is 37.4 Å². The first-order chi connectivity index (χ1) is 15.7. The summed E-state index contributed by atoms with van der Waals surface area (Å²) in [5.74, 6) is -1.29. The number of hydrogen-bond donors (Lipinski definition) is 2. The number of anilines is 1. The van der Waals surface area contributed by atoms with Crippen molar-refractivity contribution in [2.75, 3.05) is 4.72 Å². The number of hydrogen-bond acceptors (Lipinski definition) is 7. The third kappa shape index (κ3) is 6.28. The monoisotopic (exact) mass is 475 g/mol. The van der Waals surface area contributed by atoms with Gasteiger partial charge in [-0.25, -0.2) is 13.2 Å². The van der Waals surface area contributed by atoms with E-state index in [0.29, 0.717) is 0 Å². The van der Waals surface area contributed by atoms with Crippen molar-refractivity contribution < 1.29 is 27.7 Å². The second kappa shape index (κ2) is 10.4. The largest absolute Gasteiger partial charge is 0.449 e. The van der Waals surface area contributed by atoms with E-state index in [4.69, 9.17) is 4.74 Å². The second-order valence-corrected chi connectivity index (χ2v) is 9.48. The van der Waals surface area contributed by atoms with E-state index >= 15 is 0 Å². The molecule has 0 aromatic heterocycles. The van der Waals surface area contributed by atoms with Gasteiger partial charge in [0, 0.05) is 18.2 Å². The minimum Gasteiger partial charge on any atom is -0.449 e. The Morgan fingerprint density at radius 2 is 1.79 bits per heavy atom. The summed E-state index contributed by atoms with van der Waals surface area (Å²) in [7, 11) is -4.23. The number of non-ortho nitro benzene ring substituents is 1. The Kier molecular flexibility index (Phi) is 7.64. The fraction of sp³-hybridized carbons (Fsp3) is 0.364. The number of nitrogens with zero attached hydrogens (tertiary/aromatic N) is 1. The minimum atomic E-state index is -4.23. The highest BCUT2D eigenvalue weighted by Gasteiger charge is 2.25. The van der Waals surface area contributed by atoms with Gasteiger partial charge < -0.3 is 10.1 Å². The first kappa shape index (κ1) is 24.2. The lowest BCUT2D eigenvalue weighted by molar-refractivity contribution is -0.385. The molecule has 0 spiro atoms. The number of benzene rings is 2. The van der Waals surface area contributed by atoms with Crippen LogP contribution in [0.5, 0.6) is 0 Å². The average molecular weight is 476 g/mol. The number of nitro benzene ring substituents is 1. The van der Waals surface area contributed by atoms with Crippen LogP contribution in [0.2, 0.25) is 0 Å². The van der Waals surface area contributed by atoms with Crippen LogP contribution in [-0.2, 0) is 19.6 Å². The van der Waals surface area contributed by atoms with E-state index in [1.165, 1.54) is 49.4 Å². The Balaban J connectivity index is 1.72. The molecule has 2 aromatic rings. The maximum absolute atomic E-state index is 12.8. The minimum absolute atomic E-state index is 0.0569. The van der Waals surface area contributed by atoms with E-state index in [-0.39, 0.29) is 27.9 Å². The molecule has 1 atom stereocenters. The molecule has 2 N–H and O–H groups in total. The molecule has 33 heavy (non-hydrogen) atoms. The first-order valence-electron chi connectivity index (χ1n) is 10.5. The second-order valence-electron chi connectivity index (χ2n) is 7.80. The van der Waals surface area contributed by atoms with Gasteiger partial charge in [-0.2, -0.15) is 0 Å². The van der Waals surface area contributed by atoms with E-state index < -0.39 is 32.9 Å². The van der Waals surface area contributed by atoms with Gasteiger partial charge in [-0.05, 0) is 38.0 Å². The molecule has 176 valence electrons. The molecule has 10 nitrogen and oxygen atoms in total. The number of carbonyl (C=O) groups excluding carboxylic acids is 2. The van der Waals surface area contributed by atoms with Crippen LogP contribution in [0, 0.1) is 10.1 Å². The van der Waals surface area contributed by atoms with Crippen molar-refractivity contribution in [2.24, 2.45) is 0 Å². The Morgan fingerprint density at radius 3 is 2.48 bits per heavy atom. The highest BCUT2D eigenvalue weighted by Crippen LogP contribution is 2.24. The van der Waals surface area contributed by atoms with Crippen molar-refractivity contribution in [1.29, 1.82) is 0 Å². The van der Waals surface area contributed by atoms with Gasteiger partial charge in [0.1, 0.15) is 0 Å². The van der Waals surface area contributed by atoms with Crippen LogP contribution < -0.4 is 10.0 Å². The SMILES string of the molecule is CC(OC(=O)c1ccccc1NS(=O)(=O)c1cccc([N+](=O)[O-])c1)C(=O)NC1CCCCC1. The lowest BCUT2D eigenvalue weighted by atomic mass is 9.95. The van der Waals surface area contributed by atoms with Crippen molar-refractivity contribution in [1.82, 2.24) is 5.32 Å². The van der Waals surface area contributed by atoms with Crippen molar-refractivity contribution in [3.63, 3.8) is 0 Å². The maximum atomic E-state index is 12.8. The predicted molar refractivity (Wildman–Crippen MR) is 120 cm³/mol. The normalized spacial score (nSPS) is 15.3. The van der Waals surface area contributed by atoms with Crippen LogP contribution in [0.4, 0.5) is 11.4 Å². The van der Waals surface area contributed by atoms with Crippen molar-refractivity contribution in [3.8, 4) is 0 Å². The quantitative estimate of drug-likeness (QED) is 0.338. The van der Waals surface area contributed by atoms with E-state index in [1.807, 2.05) is 0 Å². The molecule has 1 unspecified atom stereocenters. The zero-order chi connectivity index (χ0) is 24.0. The number of sulfonamides is 1. The summed E-state index contributed by atoms with van der Waals surface area (Å²) in [6.07, 6.45) is 3.92. The zero-order valence-electron chi connectivity index (χ0n) is 18.0. The first-order valence-corrected chi connectivity index (χ1v) is 12.0. The van der Waals surface area contributed by atoms with Gasteiger partial charge in [-0.3, -0.25) is 19.6 Å². The van der Waals surface area contributed by atoms with E-state index in [2.05, 4.69) is 10.0 Å². The summed E-state index contributed by atoms with van der Waals surface area (Å²) in [6, 6.07) is 10.4. The van der Waals surface area contributed by atoms with Gasteiger partial charge in [-0.15, -0.1) is 0 Å².